The Morgan fingerprint density at radius 3 is 2.90 bits per heavy atom. The maximum atomic E-state index is 11.9. The first kappa shape index (κ1) is 13.6. The highest BCUT2D eigenvalue weighted by Crippen LogP contribution is 2.27. The standard InChI is InChI=1S/C14H14O4S2/c15-14(10-5-6-20(16,17)9-10)18-7-11-8-19-13-4-2-1-3-12(11)13/h1-4,8,10H,5-7,9H2. The Hall–Kier alpha value is -1.40. The number of hydrogen-bond acceptors (Lipinski definition) is 5. The summed E-state index contributed by atoms with van der Waals surface area (Å²) in [6, 6.07) is 7.94. The average Bonchev–Trinajstić information content (AvgIpc) is 2.99. The quantitative estimate of drug-likeness (QED) is 0.817. The molecule has 1 aromatic heterocycles. The molecule has 0 radical (unpaired) electrons. The van der Waals surface area contributed by atoms with Crippen molar-refractivity contribution in [3.05, 3.63) is 35.2 Å². The van der Waals surface area contributed by atoms with Gasteiger partial charge in [0.05, 0.1) is 17.4 Å². The van der Waals surface area contributed by atoms with Gasteiger partial charge < -0.3 is 4.74 Å². The van der Waals surface area contributed by atoms with Gasteiger partial charge in [0.2, 0.25) is 0 Å². The number of hydrogen-bond donors (Lipinski definition) is 0. The van der Waals surface area contributed by atoms with Gasteiger partial charge in [-0.15, -0.1) is 11.3 Å². The minimum atomic E-state index is -3.05. The minimum Gasteiger partial charge on any atom is -0.461 e. The molecule has 1 unspecified atom stereocenters. The molecule has 1 aliphatic rings. The zero-order valence-electron chi connectivity index (χ0n) is 10.7. The second-order valence-electron chi connectivity index (χ2n) is 4.96. The molecule has 1 atom stereocenters. The molecule has 1 fully saturated rings. The summed E-state index contributed by atoms with van der Waals surface area (Å²) in [6.45, 7) is 0.208. The van der Waals surface area contributed by atoms with Gasteiger partial charge in [0.1, 0.15) is 6.61 Å². The molecule has 20 heavy (non-hydrogen) atoms. The first-order chi connectivity index (χ1) is 9.55. The number of rotatable bonds is 3. The molecule has 0 amide bonds. The Kier molecular flexibility index (Phi) is 3.52. The molecule has 1 saturated heterocycles. The number of sulfone groups is 1. The Morgan fingerprint density at radius 1 is 1.35 bits per heavy atom. The summed E-state index contributed by atoms with van der Waals surface area (Å²) in [5.74, 6) is -0.879. The van der Waals surface area contributed by atoms with Crippen LogP contribution in [0.25, 0.3) is 10.1 Å². The van der Waals surface area contributed by atoms with Crippen LogP contribution >= 0.6 is 11.3 Å². The lowest BCUT2D eigenvalue weighted by molar-refractivity contribution is -0.148. The third-order valence-electron chi connectivity index (χ3n) is 3.50. The predicted octanol–water partition coefficient (Wildman–Crippen LogP) is 2.38. The van der Waals surface area contributed by atoms with E-state index in [1.165, 1.54) is 0 Å². The molecule has 0 aliphatic carbocycles. The van der Waals surface area contributed by atoms with E-state index in [0.29, 0.717) is 6.42 Å². The molecule has 3 rings (SSSR count). The van der Waals surface area contributed by atoms with E-state index in [-0.39, 0.29) is 18.1 Å². The zero-order valence-corrected chi connectivity index (χ0v) is 12.4. The number of thiophene rings is 1. The van der Waals surface area contributed by atoms with E-state index in [2.05, 4.69) is 0 Å². The van der Waals surface area contributed by atoms with Gasteiger partial charge in [-0.1, -0.05) is 18.2 Å². The van der Waals surface area contributed by atoms with Gasteiger partial charge in [0.15, 0.2) is 9.84 Å². The lowest BCUT2D eigenvalue weighted by Gasteiger charge is -2.08. The van der Waals surface area contributed by atoms with Crippen LogP contribution in [0.1, 0.15) is 12.0 Å². The molecular formula is C14H14O4S2. The van der Waals surface area contributed by atoms with Crippen LogP contribution in [-0.2, 0) is 26.0 Å². The Morgan fingerprint density at radius 2 is 2.15 bits per heavy atom. The number of esters is 1. The summed E-state index contributed by atoms with van der Waals surface area (Å²) >= 11 is 1.61. The fourth-order valence-corrected chi connectivity index (χ4v) is 5.07. The molecule has 0 bridgehead atoms. The van der Waals surface area contributed by atoms with E-state index in [1.54, 1.807) is 11.3 Å². The molecule has 0 spiro atoms. The summed E-state index contributed by atoms with van der Waals surface area (Å²) in [7, 11) is -3.05. The van der Waals surface area contributed by atoms with Crippen LogP contribution in [0.5, 0.6) is 0 Å². The van der Waals surface area contributed by atoms with Crippen molar-refractivity contribution in [3.8, 4) is 0 Å². The van der Waals surface area contributed by atoms with E-state index in [1.807, 2.05) is 29.6 Å². The summed E-state index contributed by atoms with van der Waals surface area (Å²) < 4.78 is 29.1. The van der Waals surface area contributed by atoms with Crippen molar-refractivity contribution in [2.24, 2.45) is 5.92 Å². The zero-order chi connectivity index (χ0) is 14.2. The second-order valence-corrected chi connectivity index (χ2v) is 8.10. The molecular weight excluding hydrogens is 296 g/mol. The van der Waals surface area contributed by atoms with E-state index in [0.717, 1.165) is 15.6 Å². The Bertz CT molecular complexity index is 745. The summed E-state index contributed by atoms with van der Waals surface area (Å²) in [5.41, 5.74) is 0.972. The highest BCUT2D eigenvalue weighted by molar-refractivity contribution is 7.91. The van der Waals surface area contributed by atoms with Crippen molar-refractivity contribution < 1.29 is 17.9 Å². The van der Waals surface area contributed by atoms with E-state index in [4.69, 9.17) is 4.74 Å². The smallest absolute Gasteiger partial charge is 0.310 e. The maximum absolute atomic E-state index is 11.9. The van der Waals surface area contributed by atoms with Crippen molar-refractivity contribution in [2.45, 2.75) is 13.0 Å². The highest BCUT2D eigenvalue weighted by Gasteiger charge is 2.34. The molecule has 0 saturated carbocycles. The Labute approximate surface area is 121 Å². The molecule has 0 N–H and O–H groups in total. The van der Waals surface area contributed by atoms with Crippen molar-refractivity contribution in [3.63, 3.8) is 0 Å². The number of carbonyl (C=O) groups excluding carboxylic acids is 1. The number of fused-ring (bicyclic) bond motifs is 1. The van der Waals surface area contributed by atoms with Crippen LogP contribution in [-0.4, -0.2) is 25.9 Å². The fraction of sp³-hybridized carbons (Fsp3) is 0.357. The summed E-state index contributed by atoms with van der Waals surface area (Å²) in [4.78, 5) is 11.9. The number of benzene rings is 1. The van der Waals surface area contributed by atoms with Gasteiger partial charge in [0, 0.05) is 10.3 Å². The Balaban J connectivity index is 1.66. The van der Waals surface area contributed by atoms with Crippen LogP contribution in [0.2, 0.25) is 0 Å². The van der Waals surface area contributed by atoms with Crippen molar-refractivity contribution in [1.29, 1.82) is 0 Å². The average molecular weight is 310 g/mol. The van der Waals surface area contributed by atoms with Gasteiger partial charge in [0.25, 0.3) is 0 Å². The summed E-state index contributed by atoms with van der Waals surface area (Å²) in [5, 5.41) is 3.06. The highest BCUT2D eigenvalue weighted by atomic mass is 32.2. The van der Waals surface area contributed by atoms with E-state index in [9.17, 15) is 13.2 Å². The van der Waals surface area contributed by atoms with E-state index >= 15 is 0 Å². The molecule has 2 heterocycles. The lowest BCUT2D eigenvalue weighted by atomic mass is 10.1. The van der Waals surface area contributed by atoms with Gasteiger partial charge in [-0.25, -0.2) is 8.42 Å². The van der Waals surface area contributed by atoms with Crippen molar-refractivity contribution in [2.75, 3.05) is 11.5 Å². The molecule has 1 aromatic carbocycles. The number of carbonyl (C=O) groups is 1. The molecule has 6 heteroatoms. The first-order valence-corrected chi connectivity index (χ1v) is 9.07. The summed E-state index contributed by atoms with van der Waals surface area (Å²) in [6.07, 6.45) is 0.381. The second kappa shape index (κ2) is 5.18. The molecule has 106 valence electrons. The van der Waals surface area contributed by atoms with Crippen molar-refractivity contribution in [1.82, 2.24) is 0 Å². The monoisotopic (exact) mass is 310 g/mol. The van der Waals surface area contributed by atoms with Crippen LogP contribution in [0.3, 0.4) is 0 Å². The van der Waals surface area contributed by atoms with Gasteiger partial charge in [-0.05, 0) is 23.3 Å². The van der Waals surface area contributed by atoms with Gasteiger partial charge in [-0.2, -0.15) is 0 Å². The molecule has 1 aliphatic heterocycles. The van der Waals surface area contributed by atoms with Crippen LogP contribution < -0.4 is 0 Å². The molecule has 4 nitrogen and oxygen atoms in total. The third kappa shape index (κ3) is 2.71. The van der Waals surface area contributed by atoms with Gasteiger partial charge in [-0.3, -0.25) is 4.79 Å². The predicted molar refractivity (Wildman–Crippen MR) is 78.4 cm³/mol. The van der Waals surface area contributed by atoms with Crippen LogP contribution in [0.4, 0.5) is 0 Å². The van der Waals surface area contributed by atoms with Crippen molar-refractivity contribution >= 4 is 37.2 Å². The van der Waals surface area contributed by atoms with Crippen LogP contribution in [0, 0.1) is 5.92 Å². The number of ether oxygens (including phenoxy) is 1. The maximum Gasteiger partial charge on any atom is 0.310 e. The largest absolute Gasteiger partial charge is 0.461 e. The lowest BCUT2D eigenvalue weighted by Crippen LogP contribution is -2.18. The fourth-order valence-electron chi connectivity index (χ4n) is 2.39. The first-order valence-electron chi connectivity index (χ1n) is 6.37. The topological polar surface area (TPSA) is 60.4 Å². The normalized spacial score (nSPS) is 21.1. The van der Waals surface area contributed by atoms with Gasteiger partial charge >= 0.3 is 5.97 Å². The minimum absolute atomic E-state index is 0.0732. The molecule has 2 aromatic rings. The van der Waals surface area contributed by atoms with E-state index < -0.39 is 21.7 Å². The third-order valence-corrected chi connectivity index (χ3v) is 6.28. The SMILES string of the molecule is O=C(OCc1csc2ccccc12)C1CCS(=O)(=O)C1. The van der Waals surface area contributed by atoms with Crippen LogP contribution in [0.15, 0.2) is 29.6 Å².